The molecular formula is C27H35N3O3. The van der Waals surface area contributed by atoms with Gasteiger partial charge in [0.2, 0.25) is 11.8 Å². The predicted octanol–water partition coefficient (Wildman–Crippen LogP) is 3.91. The summed E-state index contributed by atoms with van der Waals surface area (Å²) in [5, 5.41) is 5.64. The van der Waals surface area contributed by atoms with E-state index in [1.807, 2.05) is 36.4 Å². The van der Waals surface area contributed by atoms with Gasteiger partial charge in [-0.05, 0) is 67.8 Å². The van der Waals surface area contributed by atoms with Gasteiger partial charge < -0.3 is 15.4 Å². The van der Waals surface area contributed by atoms with Crippen LogP contribution in [0.5, 0.6) is 5.75 Å². The molecule has 2 aromatic carbocycles. The molecular weight excluding hydrogens is 414 g/mol. The highest BCUT2D eigenvalue weighted by Crippen LogP contribution is 2.15. The average Bonchev–Trinajstić information content (AvgIpc) is 3.10. The summed E-state index contributed by atoms with van der Waals surface area (Å²) in [6.07, 6.45) is 8.33. The normalized spacial score (nSPS) is 15.6. The van der Waals surface area contributed by atoms with Crippen LogP contribution in [0.2, 0.25) is 0 Å². The first-order valence-electron chi connectivity index (χ1n) is 11.7. The number of hydrogen-bond donors (Lipinski definition) is 2. The van der Waals surface area contributed by atoms with Crippen molar-refractivity contribution in [1.29, 1.82) is 0 Å². The van der Waals surface area contributed by atoms with Gasteiger partial charge in [-0.2, -0.15) is 0 Å². The molecule has 1 aliphatic rings. The summed E-state index contributed by atoms with van der Waals surface area (Å²) in [6.45, 7) is 5.39. The zero-order valence-electron chi connectivity index (χ0n) is 19.7. The van der Waals surface area contributed by atoms with Crippen molar-refractivity contribution in [1.82, 2.24) is 15.5 Å². The summed E-state index contributed by atoms with van der Waals surface area (Å²) < 4.78 is 5.12. The average molecular weight is 450 g/mol. The molecule has 0 spiro atoms. The number of amides is 2. The van der Waals surface area contributed by atoms with Crippen molar-refractivity contribution in [3.8, 4) is 5.75 Å². The number of nitrogens with zero attached hydrogens (tertiary/aromatic N) is 1. The van der Waals surface area contributed by atoms with Crippen LogP contribution in [0.3, 0.4) is 0 Å². The second-order valence-corrected chi connectivity index (χ2v) is 8.56. The van der Waals surface area contributed by atoms with Gasteiger partial charge in [0.25, 0.3) is 0 Å². The molecule has 1 atom stereocenters. The maximum absolute atomic E-state index is 12.5. The van der Waals surface area contributed by atoms with Crippen molar-refractivity contribution < 1.29 is 14.3 Å². The summed E-state index contributed by atoms with van der Waals surface area (Å²) in [6, 6.07) is 15.1. The number of carbonyl (C=O) groups excluding carboxylic acids is 2. The monoisotopic (exact) mass is 449 g/mol. The van der Waals surface area contributed by atoms with Crippen LogP contribution < -0.4 is 15.4 Å². The number of carbonyl (C=O) groups is 2. The lowest BCUT2D eigenvalue weighted by Crippen LogP contribution is -2.44. The molecule has 3 rings (SSSR count). The van der Waals surface area contributed by atoms with Crippen molar-refractivity contribution in [2.24, 2.45) is 0 Å². The van der Waals surface area contributed by atoms with E-state index in [-0.39, 0.29) is 11.8 Å². The van der Waals surface area contributed by atoms with E-state index in [0.29, 0.717) is 6.54 Å². The van der Waals surface area contributed by atoms with Gasteiger partial charge in [0.1, 0.15) is 11.8 Å². The first kappa shape index (κ1) is 24.5. The van der Waals surface area contributed by atoms with E-state index in [0.717, 1.165) is 36.5 Å². The van der Waals surface area contributed by atoms with Gasteiger partial charge in [0.05, 0.1) is 7.11 Å². The zero-order valence-corrected chi connectivity index (χ0v) is 19.7. The first-order valence-corrected chi connectivity index (χ1v) is 11.7. The summed E-state index contributed by atoms with van der Waals surface area (Å²) in [4.78, 5) is 27.2. The predicted molar refractivity (Wildman–Crippen MR) is 132 cm³/mol. The van der Waals surface area contributed by atoms with E-state index < -0.39 is 6.04 Å². The number of nitrogens with one attached hydrogen (secondary N) is 2. The van der Waals surface area contributed by atoms with Crippen LogP contribution in [0, 0.1) is 0 Å². The molecule has 1 fully saturated rings. The van der Waals surface area contributed by atoms with Gasteiger partial charge in [-0.25, -0.2) is 0 Å². The Morgan fingerprint density at radius 1 is 1.03 bits per heavy atom. The molecule has 0 saturated carbocycles. The third-order valence-electron chi connectivity index (χ3n) is 5.86. The van der Waals surface area contributed by atoms with Crippen LogP contribution in [-0.4, -0.2) is 43.0 Å². The second-order valence-electron chi connectivity index (χ2n) is 8.56. The van der Waals surface area contributed by atoms with Crippen LogP contribution in [0.25, 0.3) is 6.08 Å². The number of benzene rings is 2. The first-order chi connectivity index (χ1) is 16.0. The van der Waals surface area contributed by atoms with Gasteiger partial charge in [-0.15, -0.1) is 0 Å². The topological polar surface area (TPSA) is 70.7 Å². The lowest BCUT2D eigenvalue weighted by molar-refractivity contribution is -0.126. The van der Waals surface area contributed by atoms with E-state index in [4.69, 9.17) is 4.74 Å². The van der Waals surface area contributed by atoms with Gasteiger partial charge in [-0.3, -0.25) is 14.5 Å². The fourth-order valence-corrected chi connectivity index (χ4v) is 3.95. The third kappa shape index (κ3) is 8.39. The third-order valence-corrected chi connectivity index (χ3v) is 5.86. The van der Waals surface area contributed by atoms with Crippen LogP contribution in [0.1, 0.15) is 49.3 Å². The highest BCUT2D eigenvalue weighted by Gasteiger charge is 2.14. The number of likely N-dealkylation sites (tertiary alicyclic amines) is 1. The number of methoxy groups -OCH3 is 1. The Hall–Kier alpha value is -3.12. The molecule has 176 valence electrons. The van der Waals surface area contributed by atoms with Crippen molar-refractivity contribution in [2.45, 2.75) is 51.7 Å². The Morgan fingerprint density at radius 3 is 2.42 bits per heavy atom. The van der Waals surface area contributed by atoms with Crippen LogP contribution >= 0.6 is 0 Å². The molecule has 33 heavy (non-hydrogen) atoms. The minimum absolute atomic E-state index is 0.209. The molecule has 2 N–H and O–H groups in total. The van der Waals surface area contributed by atoms with E-state index in [9.17, 15) is 9.59 Å². The molecule has 0 radical (unpaired) electrons. The van der Waals surface area contributed by atoms with E-state index in [1.54, 1.807) is 20.1 Å². The van der Waals surface area contributed by atoms with E-state index in [2.05, 4.69) is 27.7 Å². The number of ether oxygens (including phenoxy) is 1. The lowest BCUT2D eigenvalue weighted by atomic mass is 10.1. The summed E-state index contributed by atoms with van der Waals surface area (Å²) >= 11 is 0. The second kappa shape index (κ2) is 12.8. The van der Waals surface area contributed by atoms with Crippen molar-refractivity contribution in [3.05, 3.63) is 71.3 Å². The molecule has 2 amide bonds. The van der Waals surface area contributed by atoms with E-state index in [1.165, 1.54) is 37.3 Å². The van der Waals surface area contributed by atoms with Gasteiger partial charge in [0.15, 0.2) is 0 Å². The highest BCUT2D eigenvalue weighted by molar-refractivity contribution is 5.95. The van der Waals surface area contributed by atoms with Crippen LogP contribution in [-0.2, 0) is 22.7 Å². The lowest BCUT2D eigenvalue weighted by Gasteiger charge is -2.20. The largest absolute Gasteiger partial charge is 0.497 e. The fraction of sp³-hybridized carbons (Fsp3) is 0.407. The summed E-state index contributed by atoms with van der Waals surface area (Å²) in [7, 11) is 1.61. The van der Waals surface area contributed by atoms with Crippen LogP contribution in [0.15, 0.2) is 54.6 Å². The Kier molecular flexibility index (Phi) is 9.51. The standard InChI is InChI=1S/C27H35N3O3/c1-21(29-26(31)15-12-22-10-13-25(33-2)14-11-22)27(32)28-19-23-8-7-9-24(18-23)20-30-16-5-3-4-6-17-30/h7-15,18,21H,3-6,16-17,19-20H2,1-2H3,(H,28,32)(H,29,31). The fourth-order valence-electron chi connectivity index (χ4n) is 3.95. The van der Waals surface area contributed by atoms with Crippen molar-refractivity contribution >= 4 is 17.9 Å². The Morgan fingerprint density at radius 2 is 1.73 bits per heavy atom. The number of rotatable bonds is 9. The minimum Gasteiger partial charge on any atom is -0.497 e. The molecule has 0 bridgehead atoms. The molecule has 1 saturated heterocycles. The maximum atomic E-state index is 12.5. The van der Waals surface area contributed by atoms with E-state index >= 15 is 0 Å². The van der Waals surface area contributed by atoms with Gasteiger partial charge in [0, 0.05) is 19.2 Å². The molecule has 0 aliphatic carbocycles. The Labute approximate surface area is 197 Å². The molecule has 0 aromatic heterocycles. The maximum Gasteiger partial charge on any atom is 0.244 e. The highest BCUT2D eigenvalue weighted by atomic mass is 16.5. The van der Waals surface area contributed by atoms with Gasteiger partial charge >= 0.3 is 0 Å². The van der Waals surface area contributed by atoms with Crippen molar-refractivity contribution in [2.75, 3.05) is 20.2 Å². The van der Waals surface area contributed by atoms with Crippen molar-refractivity contribution in [3.63, 3.8) is 0 Å². The Balaban J connectivity index is 1.44. The SMILES string of the molecule is COc1ccc(C=CC(=O)NC(C)C(=O)NCc2cccc(CN3CCCCCC3)c2)cc1. The summed E-state index contributed by atoms with van der Waals surface area (Å²) in [5.41, 5.74) is 3.21. The molecule has 1 aliphatic heterocycles. The summed E-state index contributed by atoms with van der Waals surface area (Å²) in [5.74, 6) is 0.237. The number of hydrogen-bond acceptors (Lipinski definition) is 4. The smallest absolute Gasteiger partial charge is 0.244 e. The molecule has 1 unspecified atom stereocenters. The quantitative estimate of drug-likeness (QED) is 0.570. The van der Waals surface area contributed by atoms with Crippen LogP contribution in [0.4, 0.5) is 0 Å². The zero-order chi connectivity index (χ0) is 23.5. The molecule has 2 aromatic rings. The Bertz CT molecular complexity index is 932. The molecule has 6 heteroatoms. The molecule has 1 heterocycles. The minimum atomic E-state index is -0.627. The molecule has 6 nitrogen and oxygen atoms in total. The van der Waals surface area contributed by atoms with Gasteiger partial charge in [-0.1, -0.05) is 49.2 Å².